The van der Waals surface area contributed by atoms with Crippen molar-refractivity contribution in [3.05, 3.63) is 76.2 Å². The van der Waals surface area contributed by atoms with Crippen molar-refractivity contribution in [2.24, 2.45) is 0 Å². The number of nitrogens with zero attached hydrogens (tertiary/aromatic N) is 1. The van der Waals surface area contributed by atoms with Crippen molar-refractivity contribution in [2.75, 3.05) is 0 Å². The van der Waals surface area contributed by atoms with Gasteiger partial charge in [-0.25, -0.2) is 4.79 Å². The molecule has 1 fully saturated rings. The Balaban J connectivity index is 1.89. The van der Waals surface area contributed by atoms with Gasteiger partial charge in [-0.15, -0.1) is 0 Å². The molecule has 2 aromatic carbocycles. The van der Waals surface area contributed by atoms with Crippen molar-refractivity contribution < 1.29 is 14.7 Å². The summed E-state index contributed by atoms with van der Waals surface area (Å²) in [5.41, 5.74) is 2.80. The van der Waals surface area contributed by atoms with Crippen LogP contribution in [0.25, 0.3) is 6.08 Å². The minimum absolute atomic E-state index is 0.209. The fourth-order valence-electron chi connectivity index (χ4n) is 2.76. The highest BCUT2D eigenvalue weighted by Gasteiger charge is 2.40. The van der Waals surface area contributed by atoms with Crippen LogP contribution in [0.2, 0.25) is 0 Å². The first-order chi connectivity index (χ1) is 12.5. The largest absolute Gasteiger partial charge is 0.480 e. The number of carbonyl (C=O) groups is 2. The number of thioether (sulfide) groups is 1. The van der Waals surface area contributed by atoms with Gasteiger partial charge in [-0.2, -0.15) is 0 Å². The Bertz CT molecular complexity index is 893. The maximum absolute atomic E-state index is 12.9. The quantitative estimate of drug-likeness (QED) is 0.627. The first kappa shape index (κ1) is 18.4. The molecule has 0 aromatic heterocycles. The third-order valence-corrected chi connectivity index (χ3v) is 5.50. The average molecular weight is 383 g/mol. The third kappa shape index (κ3) is 3.86. The highest BCUT2D eigenvalue weighted by atomic mass is 32.2. The summed E-state index contributed by atoms with van der Waals surface area (Å²) < 4.78 is 0.276. The van der Waals surface area contributed by atoms with E-state index in [0.29, 0.717) is 4.91 Å². The molecule has 0 spiro atoms. The van der Waals surface area contributed by atoms with Crippen LogP contribution in [0.5, 0.6) is 0 Å². The lowest BCUT2D eigenvalue weighted by atomic mass is 10.0. The van der Waals surface area contributed by atoms with Gasteiger partial charge in [0.2, 0.25) is 0 Å². The van der Waals surface area contributed by atoms with E-state index in [4.69, 9.17) is 12.2 Å². The number of carbonyl (C=O) groups excluding carboxylic acids is 1. The van der Waals surface area contributed by atoms with Crippen molar-refractivity contribution in [1.82, 2.24) is 4.90 Å². The minimum Gasteiger partial charge on any atom is -0.480 e. The van der Waals surface area contributed by atoms with E-state index in [1.165, 1.54) is 4.90 Å². The van der Waals surface area contributed by atoms with Crippen molar-refractivity contribution in [3.8, 4) is 0 Å². The van der Waals surface area contributed by atoms with E-state index in [9.17, 15) is 14.7 Å². The van der Waals surface area contributed by atoms with Gasteiger partial charge in [0, 0.05) is 6.42 Å². The van der Waals surface area contributed by atoms with Gasteiger partial charge in [-0.05, 0) is 29.7 Å². The van der Waals surface area contributed by atoms with E-state index in [1.54, 1.807) is 6.08 Å². The van der Waals surface area contributed by atoms with Gasteiger partial charge in [0.25, 0.3) is 5.91 Å². The second-order valence-corrected chi connectivity index (χ2v) is 7.63. The van der Waals surface area contributed by atoms with E-state index < -0.39 is 12.0 Å². The first-order valence-electron chi connectivity index (χ1n) is 8.07. The van der Waals surface area contributed by atoms with Gasteiger partial charge >= 0.3 is 5.97 Å². The minimum atomic E-state index is -1.07. The average Bonchev–Trinajstić information content (AvgIpc) is 2.89. The standard InChI is InChI=1S/C20H17NO3S2/c1-13-7-5-6-10-15(13)12-17-18(22)21(20(25)26-17)16(19(23)24)11-14-8-3-2-4-9-14/h2-10,12,16H,11H2,1H3,(H,23,24)/b17-12-. The fourth-order valence-corrected chi connectivity index (χ4v) is 4.11. The molecule has 0 radical (unpaired) electrons. The lowest BCUT2D eigenvalue weighted by molar-refractivity contribution is -0.145. The SMILES string of the molecule is Cc1ccccc1/C=C1\SC(=S)N(C(Cc2ccccc2)C(=O)O)C1=O. The van der Waals surface area contributed by atoms with Crippen LogP contribution in [-0.2, 0) is 16.0 Å². The Morgan fingerprint density at radius 2 is 1.85 bits per heavy atom. The highest BCUT2D eigenvalue weighted by molar-refractivity contribution is 8.26. The lowest BCUT2D eigenvalue weighted by Crippen LogP contribution is -2.45. The molecule has 1 saturated heterocycles. The van der Waals surface area contributed by atoms with Gasteiger partial charge in [-0.3, -0.25) is 9.69 Å². The van der Waals surface area contributed by atoms with Gasteiger partial charge in [0.15, 0.2) is 0 Å². The van der Waals surface area contributed by atoms with E-state index in [0.717, 1.165) is 28.5 Å². The number of hydrogen-bond donors (Lipinski definition) is 1. The Labute approximate surface area is 161 Å². The zero-order valence-corrected chi connectivity index (χ0v) is 15.7. The van der Waals surface area contributed by atoms with Crippen LogP contribution in [0.3, 0.4) is 0 Å². The lowest BCUT2D eigenvalue weighted by Gasteiger charge is -2.23. The Morgan fingerprint density at radius 1 is 1.19 bits per heavy atom. The van der Waals surface area contributed by atoms with Crippen molar-refractivity contribution in [1.29, 1.82) is 0 Å². The smallest absolute Gasteiger partial charge is 0.327 e. The highest BCUT2D eigenvalue weighted by Crippen LogP contribution is 2.35. The van der Waals surface area contributed by atoms with Crippen LogP contribution >= 0.6 is 24.0 Å². The second-order valence-electron chi connectivity index (χ2n) is 5.95. The monoisotopic (exact) mass is 383 g/mol. The molecule has 1 aliphatic rings. The molecule has 132 valence electrons. The van der Waals surface area contributed by atoms with Crippen LogP contribution in [-0.4, -0.2) is 32.2 Å². The number of carboxylic acids is 1. The Kier molecular flexibility index (Phi) is 5.54. The van der Waals surface area contributed by atoms with E-state index in [1.807, 2.05) is 61.5 Å². The van der Waals surface area contributed by atoms with Crippen LogP contribution in [0.1, 0.15) is 16.7 Å². The number of aryl methyl sites for hydroxylation is 1. The molecular formula is C20H17NO3S2. The van der Waals surface area contributed by atoms with Crippen molar-refractivity contribution in [3.63, 3.8) is 0 Å². The summed E-state index contributed by atoms with van der Waals surface area (Å²) in [6.07, 6.45) is 1.98. The van der Waals surface area contributed by atoms with Gasteiger partial charge in [0.05, 0.1) is 4.91 Å². The molecule has 1 heterocycles. The summed E-state index contributed by atoms with van der Waals surface area (Å²) in [6.45, 7) is 1.96. The van der Waals surface area contributed by atoms with Gasteiger partial charge < -0.3 is 5.11 Å². The normalized spacial score (nSPS) is 17.0. The van der Waals surface area contributed by atoms with Crippen molar-refractivity contribution in [2.45, 2.75) is 19.4 Å². The number of aliphatic carboxylic acids is 1. The van der Waals surface area contributed by atoms with E-state index in [-0.39, 0.29) is 16.6 Å². The molecule has 1 N–H and O–H groups in total. The molecule has 1 amide bonds. The first-order valence-corrected chi connectivity index (χ1v) is 9.29. The maximum atomic E-state index is 12.9. The molecule has 1 atom stereocenters. The molecule has 0 aliphatic carbocycles. The molecule has 3 rings (SSSR count). The fraction of sp³-hybridized carbons (Fsp3) is 0.150. The molecule has 0 saturated carbocycles. The number of rotatable bonds is 5. The summed E-state index contributed by atoms with van der Waals surface area (Å²) >= 11 is 6.47. The number of thiocarbonyl (C=S) groups is 1. The van der Waals surface area contributed by atoms with Crippen LogP contribution in [0, 0.1) is 6.92 Å². The summed E-state index contributed by atoms with van der Waals surface area (Å²) in [6, 6.07) is 15.9. The summed E-state index contributed by atoms with van der Waals surface area (Å²) in [7, 11) is 0. The summed E-state index contributed by atoms with van der Waals surface area (Å²) in [4.78, 5) is 26.3. The van der Waals surface area contributed by atoms with E-state index in [2.05, 4.69) is 0 Å². The number of amides is 1. The molecule has 1 unspecified atom stereocenters. The number of carboxylic acid groups (broad SMARTS) is 1. The van der Waals surface area contributed by atoms with Crippen LogP contribution < -0.4 is 0 Å². The molecule has 1 aliphatic heterocycles. The number of hydrogen-bond acceptors (Lipinski definition) is 4. The summed E-state index contributed by atoms with van der Waals surface area (Å²) in [5, 5.41) is 9.67. The molecular weight excluding hydrogens is 366 g/mol. The second kappa shape index (κ2) is 7.85. The zero-order chi connectivity index (χ0) is 18.7. The van der Waals surface area contributed by atoms with E-state index >= 15 is 0 Å². The molecule has 2 aromatic rings. The molecule has 26 heavy (non-hydrogen) atoms. The van der Waals surface area contributed by atoms with Crippen LogP contribution in [0.15, 0.2) is 59.5 Å². The van der Waals surface area contributed by atoms with Gasteiger partial charge in [-0.1, -0.05) is 78.6 Å². The topological polar surface area (TPSA) is 57.6 Å². The molecule has 0 bridgehead atoms. The predicted molar refractivity (Wildman–Crippen MR) is 108 cm³/mol. The van der Waals surface area contributed by atoms with Crippen molar-refractivity contribution >= 4 is 46.3 Å². The molecule has 4 nitrogen and oxygen atoms in total. The Hall–Kier alpha value is -2.44. The Morgan fingerprint density at radius 3 is 2.50 bits per heavy atom. The zero-order valence-electron chi connectivity index (χ0n) is 14.1. The maximum Gasteiger partial charge on any atom is 0.327 e. The molecule has 6 heteroatoms. The van der Waals surface area contributed by atoms with Gasteiger partial charge in [0.1, 0.15) is 10.4 Å². The summed E-state index contributed by atoms with van der Waals surface area (Å²) in [5.74, 6) is -1.42. The number of benzene rings is 2. The predicted octanol–water partition coefficient (Wildman–Crippen LogP) is 3.89. The third-order valence-electron chi connectivity index (χ3n) is 4.17. The van der Waals surface area contributed by atoms with Crippen LogP contribution in [0.4, 0.5) is 0 Å².